The maximum Gasteiger partial charge on any atom is 0.252 e. The first-order valence-corrected chi connectivity index (χ1v) is 10.2. The number of carbonyl (C=O) groups is 1. The van der Waals surface area contributed by atoms with Crippen molar-refractivity contribution in [2.45, 2.75) is 32.4 Å². The van der Waals surface area contributed by atoms with Crippen LogP contribution in [0, 0.1) is 6.92 Å². The molecule has 0 aliphatic carbocycles. The molecule has 30 heavy (non-hydrogen) atoms. The second-order valence-electron chi connectivity index (χ2n) is 7.87. The molecule has 1 aromatic carbocycles. The Labute approximate surface area is 175 Å². The number of hydrogen-bond donors (Lipinski definition) is 2. The molecule has 3 heterocycles. The summed E-state index contributed by atoms with van der Waals surface area (Å²) in [5.41, 5.74) is 1.98. The average Bonchev–Trinajstić information content (AvgIpc) is 2.74. The highest BCUT2D eigenvalue weighted by Crippen LogP contribution is 2.16. The summed E-state index contributed by atoms with van der Waals surface area (Å²) in [6.45, 7) is 3.91. The van der Waals surface area contributed by atoms with Gasteiger partial charge in [0.05, 0.1) is 0 Å². The van der Waals surface area contributed by atoms with Crippen LogP contribution in [0.25, 0.3) is 11.0 Å². The predicted molar refractivity (Wildman–Crippen MR) is 118 cm³/mol. The van der Waals surface area contributed by atoms with E-state index in [1.165, 1.54) is 10.6 Å². The smallest absolute Gasteiger partial charge is 0.252 e. The number of carbonyl (C=O) groups excluding carboxylic acids is 1. The SMILES string of the molecule is Cc1ccc(NC(=O)Cn2c(=O)ccc3cnc(NC4CCN(C)CC4)nc32)cc1. The zero-order valence-electron chi connectivity index (χ0n) is 17.3. The molecule has 8 heteroatoms. The molecule has 0 saturated carbocycles. The number of hydrogen-bond acceptors (Lipinski definition) is 6. The van der Waals surface area contributed by atoms with Gasteiger partial charge in [-0.25, -0.2) is 4.98 Å². The lowest BCUT2D eigenvalue weighted by Gasteiger charge is -2.29. The number of aryl methyl sites for hydroxylation is 1. The number of piperidine rings is 1. The molecule has 1 fully saturated rings. The van der Waals surface area contributed by atoms with Crippen LogP contribution < -0.4 is 16.2 Å². The van der Waals surface area contributed by atoms with E-state index in [-0.39, 0.29) is 18.0 Å². The van der Waals surface area contributed by atoms with E-state index < -0.39 is 0 Å². The Balaban J connectivity index is 1.55. The van der Waals surface area contributed by atoms with Crippen molar-refractivity contribution in [2.75, 3.05) is 30.8 Å². The number of benzene rings is 1. The summed E-state index contributed by atoms with van der Waals surface area (Å²) < 4.78 is 1.39. The van der Waals surface area contributed by atoms with Crippen LogP contribution in [0.2, 0.25) is 0 Å². The van der Waals surface area contributed by atoms with Crippen molar-refractivity contribution < 1.29 is 4.79 Å². The van der Waals surface area contributed by atoms with Gasteiger partial charge in [-0.1, -0.05) is 17.7 Å². The lowest BCUT2D eigenvalue weighted by Crippen LogP contribution is -2.37. The van der Waals surface area contributed by atoms with Crippen LogP contribution in [0.1, 0.15) is 18.4 Å². The third-order valence-corrected chi connectivity index (χ3v) is 5.41. The summed E-state index contributed by atoms with van der Waals surface area (Å²) in [5, 5.41) is 6.92. The van der Waals surface area contributed by atoms with Gasteiger partial charge in [0.25, 0.3) is 5.56 Å². The fourth-order valence-electron chi connectivity index (χ4n) is 3.61. The van der Waals surface area contributed by atoms with E-state index in [4.69, 9.17) is 0 Å². The van der Waals surface area contributed by atoms with Gasteiger partial charge in [0.15, 0.2) is 0 Å². The molecule has 0 unspecified atom stereocenters. The zero-order valence-corrected chi connectivity index (χ0v) is 17.3. The molecule has 3 aromatic rings. The number of anilines is 2. The Morgan fingerprint density at radius 1 is 1.13 bits per heavy atom. The zero-order chi connectivity index (χ0) is 21.1. The minimum Gasteiger partial charge on any atom is -0.351 e. The number of nitrogens with zero attached hydrogens (tertiary/aromatic N) is 4. The van der Waals surface area contributed by atoms with Crippen molar-refractivity contribution in [3.8, 4) is 0 Å². The number of amides is 1. The predicted octanol–water partition coefficient (Wildman–Crippen LogP) is 2.24. The van der Waals surface area contributed by atoms with E-state index >= 15 is 0 Å². The number of rotatable bonds is 5. The summed E-state index contributed by atoms with van der Waals surface area (Å²) in [6.07, 6.45) is 3.71. The van der Waals surface area contributed by atoms with Crippen LogP contribution in [0.5, 0.6) is 0 Å². The maximum atomic E-state index is 12.6. The molecule has 8 nitrogen and oxygen atoms in total. The highest BCUT2D eigenvalue weighted by Gasteiger charge is 2.18. The highest BCUT2D eigenvalue weighted by molar-refractivity contribution is 5.91. The van der Waals surface area contributed by atoms with Crippen molar-refractivity contribution >= 4 is 28.6 Å². The van der Waals surface area contributed by atoms with E-state index in [0.717, 1.165) is 31.5 Å². The molecular formula is C22H26N6O2. The highest BCUT2D eigenvalue weighted by atomic mass is 16.2. The Morgan fingerprint density at radius 3 is 2.60 bits per heavy atom. The molecule has 1 aliphatic rings. The number of pyridine rings is 1. The molecule has 0 spiro atoms. The van der Waals surface area contributed by atoms with E-state index in [1.807, 2.05) is 31.2 Å². The van der Waals surface area contributed by atoms with Gasteiger partial charge in [-0.3, -0.25) is 14.2 Å². The van der Waals surface area contributed by atoms with Crippen molar-refractivity contribution in [3.63, 3.8) is 0 Å². The Bertz CT molecular complexity index is 1100. The van der Waals surface area contributed by atoms with Crippen molar-refractivity contribution in [1.29, 1.82) is 0 Å². The number of nitrogens with one attached hydrogen (secondary N) is 2. The molecule has 156 valence electrons. The quantitative estimate of drug-likeness (QED) is 0.675. The molecular weight excluding hydrogens is 380 g/mol. The second-order valence-corrected chi connectivity index (χ2v) is 7.87. The van der Waals surface area contributed by atoms with E-state index in [0.29, 0.717) is 28.7 Å². The van der Waals surface area contributed by atoms with Crippen LogP contribution in [0.15, 0.2) is 47.4 Å². The standard InChI is InChI=1S/C22H26N6O2/c1-15-3-6-17(7-4-15)24-19(29)14-28-20(30)8-5-16-13-23-22(26-21(16)28)25-18-9-11-27(2)12-10-18/h3-8,13,18H,9-12,14H2,1-2H3,(H,24,29)(H,23,25,26). The van der Waals surface area contributed by atoms with Crippen LogP contribution in [-0.4, -0.2) is 51.5 Å². The molecule has 0 radical (unpaired) electrons. The molecule has 1 amide bonds. The van der Waals surface area contributed by atoms with Gasteiger partial charge >= 0.3 is 0 Å². The number of likely N-dealkylation sites (tertiary alicyclic amines) is 1. The monoisotopic (exact) mass is 406 g/mol. The topological polar surface area (TPSA) is 92.1 Å². The first kappa shape index (κ1) is 20.0. The molecule has 1 aliphatic heterocycles. The Hall–Kier alpha value is -3.26. The van der Waals surface area contributed by atoms with Crippen molar-refractivity contribution in [2.24, 2.45) is 0 Å². The van der Waals surface area contributed by atoms with E-state index in [9.17, 15) is 9.59 Å². The van der Waals surface area contributed by atoms with Gasteiger partial charge in [-0.05, 0) is 58.1 Å². The average molecular weight is 406 g/mol. The van der Waals surface area contributed by atoms with E-state index in [1.54, 1.807) is 12.3 Å². The lowest BCUT2D eigenvalue weighted by atomic mass is 10.1. The fraction of sp³-hybridized carbons (Fsp3) is 0.364. The van der Waals surface area contributed by atoms with Gasteiger partial charge in [0, 0.05) is 29.4 Å². The third-order valence-electron chi connectivity index (χ3n) is 5.41. The largest absolute Gasteiger partial charge is 0.351 e. The molecule has 1 saturated heterocycles. The normalized spacial score (nSPS) is 15.3. The summed E-state index contributed by atoms with van der Waals surface area (Å²) in [7, 11) is 2.11. The first-order chi connectivity index (χ1) is 14.5. The minimum atomic E-state index is -0.281. The van der Waals surface area contributed by atoms with Crippen LogP contribution >= 0.6 is 0 Å². The molecule has 2 N–H and O–H groups in total. The summed E-state index contributed by atoms with van der Waals surface area (Å²) in [5.74, 6) is 0.201. The molecule has 2 aromatic heterocycles. The van der Waals surface area contributed by atoms with Gasteiger partial charge in [-0.15, -0.1) is 0 Å². The van der Waals surface area contributed by atoms with Crippen LogP contribution in [0.3, 0.4) is 0 Å². The minimum absolute atomic E-state index is 0.116. The molecule has 4 rings (SSSR count). The van der Waals surface area contributed by atoms with Crippen molar-refractivity contribution in [1.82, 2.24) is 19.4 Å². The molecule has 0 atom stereocenters. The van der Waals surface area contributed by atoms with Crippen LogP contribution in [-0.2, 0) is 11.3 Å². The second kappa shape index (κ2) is 8.62. The van der Waals surface area contributed by atoms with Crippen molar-refractivity contribution in [3.05, 3.63) is 58.5 Å². The van der Waals surface area contributed by atoms with E-state index in [2.05, 4.69) is 32.5 Å². The van der Waals surface area contributed by atoms with Gasteiger partial charge in [0.2, 0.25) is 11.9 Å². The van der Waals surface area contributed by atoms with Crippen LogP contribution in [0.4, 0.5) is 11.6 Å². The number of aromatic nitrogens is 3. The summed E-state index contributed by atoms with van der Waals surface area (Å²) >= 11 is 0. The fourth-order valence-corrected chi connectivity index (χ4v) is 3.61. The third kappa shape index (κ3) is 4.65. The number of fused-ring (bicyclic) bond motifs is 1. The lowest BCUT2D eigenvalue weighted by molar-refractivity contribution is -0.116. The van der Waals surface area contributed by atoms with Gasteiger partial charge < -0.3 is 15.5 Å². The summed E-state index contributed by atoms with van der Waals surface area (Å²) in [4.78, 5) is 36.3. The summed E-state index contributed by atoms with van der Waals surface area (Å²) in [6, 6.07) is 10.9. The first-order valence-electron chi connectivity index (χ1n) is 10.2. The Kier molecular flexibility index (Phi) is 5.76. The van der Waals surface area contributed by atoms with Gasteiger partial charge in [0.1, 0.15) is 12.2 Å². The maximum absolute atomic E-state index is 12.6. The molecule has 0 bridgehead atoms. The van der Waals surface area contributed by atoms with Gasteiger partial charge in [-0.2, -0.15) is 4.98 Å². The Morgan fingerprint density at radius 2 is 1.87 bits per heavy atom.